The number of nitrogens with one attached hydrogen (secondary N) is 3. The van der Waals surface area contributed by atoms with Gasteiger partial charge in [0.25, 0.3) is 0 Å². The van der Waals surface area contributed by atoms with Gasteiger partial charge in [-0.3, -0.25) is 14.7 Å². The molecule has 7 rings (SSSR count). The average molecular weight is 584 g/mol. The summed E-state index contributed by atoms with van der Waals surface area (Å²) >= 11 is 0. The minimum absolute atomic E-state index is 0.139. The minimum Gasteiger partial charge on any atom is -0.377 e. The molecule has 2 aromatic carbocycles. The number of hydrogen-bond donors (Lipinski definition) is 4. The number of carbonyl (C=O) groups is 1. The number of rotatable bonds is 7. The van der Waals surface area contributed by atoms with E-state index < -0.39 is 18.1 Å². The quantitative estimate of drug-likeness (QED) is 0.335. The fourth-order valence-corrected chi connectivity index (χ4v) is 6.59. The molecule has 4 aliphatic rings. The molecule has 1 amide bonds. The Morgan fingerprint density at radius 2 is 1.72 bits per heavy atom. The lowest BCUT2D eigenvalue weighted by Crippen LogP contribution is -2.54. The maximum Gasteiger partial charge on any atom is 0.246 e. The highest BCUT2D eigenvalue weighted by atomic mass is 16.5. The van der Waals surface area contributed by atoms with Crippen molar-refractivity contribution >= 4 is 39.7 Å². The summed E-state index contributed by atoms with van der Waals surface area (Å²) in [5, 5.41) is 7.95. The molecule has 1 aromatic heterocycles. The summed E-state index contributed by atoms with van der Waals surface area (Å²) in [6, 6.07) is 16.4. The largest absolute Gasteiger partial charge is 0.377 e. The second-order valence-corrected chi connectivity index (χ2v) is 12.1. The van der Waals surface area contributed by atoms with E-state index in [1.165, 1.54) is 44.7 Å². The molecule has 3 fully saturated rings. The van der Waals surface area contributed by atoms with Crippen molar-refractivity contribution in [1.29, 1.82) is 0 Å². The first-order valence-electron chi connectivity index (χ1n) is 15.4. The number of anilines is 2. The Morgan fingerprint density at radius 3 is 2.42 bits per heavy atom. The molecule has 43 heavy (non-hydrogen) atoms. The molecule has 11 heteroatoms. The van der Waals surface area contributed by atoms with Crippen molar-refractivity contribution in [1.82, 2.24) is 20.1 Å². The Kier molecular flexibility index (Phi) is 7.77. The van der Waals surface area contributed by atoms with Gasteiger partial charge in [-0.05, 0) is 56.3 Å². The zero-order chi connectivity index (χ0) is 29.3. The van der Waals surface area contributed by atoms with Gasteiger partial charge in [-0.25, -0.2) is 4.99 Å². The standard InChI is InChI=1S/C32H41N9O2/c1-39-15-17-41(18-16-39)24-10-13-40(14-11-24)23-7-5-21(6-8-23)35-32-29(30(33)42)37-28(31(38-32)36-22-19-43-20-22)26-3-2-4-27-25(26)9-12-34-27/h2-9,12,22,24,29,32,34-35H,10-11,13-20H2,1H3,(H2,33,42)(H,36,38). The number of hydrogen-bond acceptors (Lipinski definition) is 9. The van der Waals surface area contributed by atoms with Crippen molar-refractivity contribution in [2.45, 2.75) is 37.1 Å². The van der Waals surface area contributed by atoms with Crippen molar-refractivity contribution in [3.8, 4) is 0 Å². The number of nitrogens with two attached hydrogens (primary N) is 1. The van der Waals surface area contributed by atoms with Crippen LogP contribution in [0.4, 0.5) is 11.4 Å². The number of aromatic amines is 1. The van der Waals surface area contributed by atoms with Crippen LogP contribution in [0.25, 0.3) is 10.9 Å². The summed E-state index contributed by atoms with van der Waals surface area (Å²) in [6.07, 6.45) is 3.65. The zero-order valence-electron chi connectivity index (χ0n) is 24.7. The topological polar surface area (TPSA) is 127 Å². The fourth-order valence-electron chi connectivity index (χ4n) is 6.59. The molecule has 3 aromatic rings. The van der Waals surface area contributed by atoms with Gasteiger partial charge in [0.2, 0.25) is 5.91 Å². The maximum absolute atomic E-state index is 12.7. The summed E-state index contributed by atoms with van der Waals surface area (Å²) in [6.45, 7) is 8.01. The van der Waals surface area contributed by atoms with Crippen LogP contribution in [-0.4, -0.2) is 116 Å². The number of nitrogens with zero attached hydrogens (tertiary/aromatic N) is 5. The Bertz CT molecular complexity index is 1500. The van der Waals surface area contributed by atoms with Gasteiger partial charge in [-0.15, -0.1) is 0 Å². The molecule has 5 heterocycles. The van der Waals surface area contributed by atoms with Gasteiger partial charge in [-0.2, -0.15) is 0 Å². The van der Waals surface area contributed by atoms with E-state index in [1.54, 1.807) is 0 Å². The van der Waals surface area contributed by atoms with Crippen molar-refractivity contribution in [3.05, 3.63) is 60.3 Å². The molecule has 11 nitrogen and oxygen atoms in total. The molecular weight excluding hydrogens is 542 g/mol. The van der Waals surface area contributed by atoms with Gasteiger partial charge in [-0.1, -0.05) is 12.1 Å². The number of carbonyl (C=O) groups excluding carboxylic acids is 1. The van der Waals surface area contributed by atoms with E-state index in [4.69, 9.17) is 20.5 Å². The van der Waals surface area contributed by atoms with Crippen LogP contribution in [0.1, 0.15) is 18.4 Å². The van der Waals surface area contributed by atoms with Gasteiger partial charge in [0.15, 0.2) is 12.2 Å². The number of fused-ring (bicyclic) bond motifs is 1. The predicted molar refractivity (Wildman–Crippen MR) is 171 cm³/mol. The molecule has 0 spiro atoms. The van der Waals surface area contributed by atoms with E-state index in [0.717, 1.165) is 35.2 Å². The third-order valence-electron chi connectivity index (χ3n) is 9.25. The van der Waals surface area contributed by atoms with Gasteiger partial charge >= 0.3 is 0 Å². The van der Waals surface area contributed by atoms with E-state index in [9.17, 15) is 4.79 Å². The third-order valence-corrected chi connectivity index (χ3v) is 9.25. The molecule has 0 radical (unpaired) electrons. The number of aromatic nitrogens is 1. The summed E-state index contributed by atoms with van der Waals surface area (Å²) in [5.41, 5.74) is 10.5. The van der Waals surface area contributed by atoms with E-state index >= 15 is 0 Å². The van der Waals surface area contributed by atoms with Crippen LogP contribution in [0.2, 0.25) is 0 Å². The van der Waals surface area contributed by atoms with Gasteiger partial charge < -0.3 is 35.9 Å². The highest BCUT2D eigenvalue weighted by Gasteiger charge is 2.35. The first kappa shape index (κ1) is 27.9. The molecule has 0 aliphatic carbocycles. The summed E-state index contributed by atoms with van der Waals surface area (Å²) in [5.74, 6) is 0.114. The molecule has 226 valence electrons. The van der Waals surface area contributed by atoms with Gasteiger partial charge in [0.1, 0.15) is 11.5 Å². The molecular formula is C32H41N9O2. The van der Waals surface area contributed by atoms with E-state index in [1.807, 2.05) is 30.5 Å². The second-order valence-electron chi connectivity index (χ2n) is 12.1. The Morgan fingerprint density at radius 1 is 0.953 bits per heavy atom. The van der Waals surface area contributed by atoms with Gasteiger partial charge in [0.05, 0.1) is 19.3 Å². The SMILES string of the molecule is CN1CCN(C2CCN(c3ccc(NC4N=C(NC5COC5)C(c5cccc6[nH]ccc56)=NC4C(N)=O)cc3)CC2)CC1. The number of piperazine rings is 1. The normalized spacial score (nSPS) is 24.3. The van der Waals surface area contributed by atoms with Crippen LogP contribution in [0.5, 0.6) is 0 Å². The van der Waals surface area contributed by atoms with Crippen molar-refractivity contribution < 1.29 is 9.53 Å². The Hall–Kier alpha value is -3.93. The molecule has 3 saturated heterocycles. The lowest BCUT2D eigenvalue weighted by Gasteiger charge is -2.42. The van der Waals surface area contributed by atoms with E-state index in [-0.39, 0.29) is 6.04 Å². The van der Waals surface area contributed by atoms with Crippen LogP contribution < -0.4 is 21.3 Å². The van der Waals surface area contributed by atoms with Crippen molar-refractivity contribution in [3.63, 3.8) is 0 Å². The number of likely N-dealkylation sites (N-methyl/N-ethyl adjacent to an activating group) is 1. The van der Waals surface area contributed by atoms with Crippen LogP contribution in [0.3, 0.4) is 0 Å². The third kappa shape index (κ3) is 5.84. The van der Waals surface area contributed by atoms with Crippen LogP contribution in [0.15, 0.2) is 64.7 Å². The number of H-pyrrole nitrogens is 1. The minimum atomic E-state index is -0.860. The molecule has 2 atom stereocenters. The average Bonchev–Trinajstić information content (AvgIpc) is 3.49. The highest BCUT2D eigenvalue weighted by molar-refractivity contribution is 6.50. The lowest BCUT2D eigenvalue weighted by molar-refractivity contribution is -0.119. The molecule has 5 N–H and O–H groups in total. The number of primary amides is 1. The number of benzene rings is 2. The fraction of sp³-hybridized carbons (Fsp3) is 0.469. The van der Waals surface area contributed by atoms with Gasteiger partial charge in [0, 0.05) is 79.3 Å². The van der Waals surface area contributed by atoms with Crippen LogP contribution >= 0.6 is 0 Å². The second kappa shape index (κ2) is 12.0. The number of piperidine rings is 1. The molecule has 2 unspecified atom stereocenters. The maximum atomic E-state index is 12.7. The molecule has 0 bridgehead atoms. The Balaban J connectivity index is 1.07. The zero-order valence-corrected chi connectivity index (χ0v) is 24.7. The molecule has 4 aliphatic heterocycles. The number of amides is 1. The molecule has 0 saturated carbocycles. The number of amidine groups is 1. The van der Waals surface area contributed by atoms with Crippen LogP contribution in [-0.2, 0) is 9.53 Å². The summed E-state index contributed by atoms with van der Waals surface area (Å²) in [7, 11) is 2.21. The van der Waals surface area contributed by atoms with Crippen molar-refractivity contribution in [2.24, 2.45) is 15.7 Å². The van der Waals surface area contributed by atoms with Crippen molar-refractivity contribution in [2.75, 3.05) is 69.7 Å². The first-order valence-corrected chi connectivity index (χ1v) is 15.4. The lowest BCUT2D eigenvalue weighted by atomic mass is 10.0. The highest BCUT2D eigenvalue weighted by Crippen LogP contribution is 2.27. The van der Waals surface area contributed by atoms with E-state index in [2.05, 4.69) is 61.6 Å². The summed E-state index contributed by atoms with van der Waals surface area (Å²) in [4.78, 5) is 33.4. The number of aliphatic imine (C=N–C) groups is 2. The first-order chi connectivity index (χ1) is 21.0. The number of ether oxygens (including phenoxy) is 1. The van der Waals surface area contributed by atoms with Crippen LogP contribution in [0, 0.1) is 0 Å². The Labute approximate surface area is 252 Å². The monoisotopic (exact) mass is 583 g/mol. The smallest absolute Gasteiger partial charge is 0.246 e. The predicted octanol–water partition coefficient (Wildman–Crippen LogP) is 1.87. The van der Waals surface area contributed by atoms with E-state index in [0.29, 0.717) is 30.8 Å². The summed E-state index contributed by atoms with van der Waals surface area (Å²) < 4.78 is 5.40.